The molecule has 2 aromatic carbocycles. The Hall–Kier alpha value is -2.69. The van der Waals surface area contributed by atoms with Gasteiger partial charge in [-0.3, -0.25) is 14.5 Å². The number of halogens is 4. The van der Waals surface area contributed by atoms with Crippen molar-refractivity contribution in [2.24, 2.45) is 0 Å². The average molecular weight is 488 g/mol. The van der Waals surface area contributed by atoms with Crippen molar-refractivity contribution in [3.8, 4) is 5.75 Å². The fourth-order valence-electron chi connectivity index (χ4n) is 2.79. The molecular weight excluding hydrogens is 467 g/mol. The first-order chi connectivity index (χ1) is 14.5. The van der Waals surface area contributed by atoms with E-state index in [0.717, 1.165) is 11.3 Å². The molecule has 0 saturated carbocycles. The van der Waals surface area contributed by atoms with Crippen molar-refractivity contribution in [3.05, 3.63) is 53.6 Å². The fraction of sp³-hybridized carbons (Fsp3) is 0.286. The maximum Gasteiger partial charge on any atom is 0.573 e. The molecule has 0 unspecified atom stereocenters. The first-order valence-corrected chi connectivity index (χ1v) is 10.1. The number of fused-ring (bicyclic) bond motifs is 1. The molecule has 11 heteroatoms. The van der Waals surface area contributed by atoms with Crippen molar-refractivity contribution in [1.29, 1.82) is 0 Å². The van der Waals surface area contributed by atoms with Gasteiger partial charge in [0, 0.05) is 30.3 Å². The van der Waals surface area contributed by atoms with Gasteiger partial charge in [-0.1, -0.05) is 23.5 Å². The van der Waals surface area contributed by atoms with Gasteiger partial charge in [0.25, 0.3) is 5.91 Å². The number of benzene rings is 2. The molecule has 0 aliphatic heterocycles. The van der Waals surface area contributed by atoms with E-state index in [1.165, 1.54) is 30.0 Å². The minimum atomic E-state index is -4.79. The van der Waals surface area contributed by atoms with E-state index in [9.17, 15) is 22.8 Å². The molecule has 0 aliphatic carbocycles. The predicted octanol–water partition coefficient (Wildman–Crippen LogP) is 5.03. The summed E-state index contributed by atoms with van der Waals surface area (Å²) < 4.78 is 42.0. The Morgan fingerprint density at radius 1 is 1.03 bits per heavy atom. The third kappa shape index (κ3) is 6.41. The van der Waals surface area contributed by atoms with Crippen molar-refractivity contribution in [1.82, 2.24) is 9.88 Å². The number of ketones is 1. The van der Waals surface area contributed by atoms with Gasteiger partial charge in [-0.15, -0.1) is 25.6 Å². The summed E-state index contributed by atoms with van der Waals surface area (Å²) in [4.78, 5) is 32.5. The molecule has 3 aromatic rings. The summed E-state index contributed by atoms with van der Waals surface area (Å²) in [5.74, 6) is -0.768. The van der Waals surface area contributed by atoms with Gasteiger partial charge in [-0.25, -0.2) is 4.98 Å². The third-order valence-electron chi connectivity index (χ3n) is 4.37. The lowest BCUT2D eigenvalue weighted by atomic mass is 10.1. The third-order valence-corrected chi connectivity index (χ3v) is 5.41. The highest BCUT2D eigenvalue weighted by molar-refractivity contribution is 7.22. The average Bonchev–Trinajstić information content (AvgIpc) is 3.09. The predicted molar refractivity (Wildman–Crippen MR) is 120 cm³/mol. The second-order valence-electron chi connectivity index (χ2n) is 7.07. The molecule has 0 radical (unpaired) electrons. The maximum atomic E-state index is 13.2. The number of carbonyl (C=O) groups excluding carboxylic acids is 2. The van der Waals surface area contributed by atoms with E-state index in [4.69, 9.17) is 0 Å². The summed E-state index contributed by atoms with van der Waals surface area (Å²) >= 11 is 1.10. The number of likely N-dealkylation sites (N-methyl/N-ethyl adjacent to an activating group) is 1. The van der Waals surface area contributed by atoms with E-state index in [1.54, 1.807) is 24.3 Å². The molecule has 0 N–H and O–H groups in total. The van der Waals surface area contributed by atoms with Crippen molar-refractivity contribution >= 4 is 50.8 Å². The molecule has 0 aliphatic rings. The summed E-state index contributed by atoms with van der Waals surface area (Å²) in [6.45, 7) is 2.32. The molecule has 0 saturated heterocycles. The van der Waals surface area contributed by atoms with Crippen LogP contribution in [0.1, 0.15) is 27.6 Å². The van der Waals surface area contributed by atoms with Crippen molar-refractivity contribution < 1.29 is 27.5 Å². The summed E-state index contributed by atoms with van der Waals surface area (Å²) in [6.07, 6.45) is -4.79. The largest absolute Gasteiger partial charge is 0.573 e. The molecule has 0 fully saturated rings. The Labute approximate surface area is 193 Å². The van der Waals surface area contributed by atoms with Crippen LogP contribution in [0.25, 0.3) is 10.2 Å². The number of Topliss-reactive ketones (excluding diaryl/α,β-unsaturated/α-hetero) is 1. The zero-order valence-electron chi connectivity index (χ0n) is 17.5. The molecule has 1 heterocycles. The standard InChI is InChI=1S/C21H20F3N3O3S.ClH/c1-13(28)14-4-6-15(7-5-14)19(29)27(11-10-26(2)3)20-25-17-9-8-16(12-18(17)31-20)30-21(22,23)24;/h4-9,12H,10-11H2,1-3H3;1H. The summed E-state index contributed by atoms with van der Waals surface area (Å²) in [7, 11) is 3.73. The van der Waals surface area contributed by atoms with Crippen molar-refractivity contribution in [2.75, 3.05) is 32.1 Å². The Kier molecular flexibility index (Phi) is 8.22. The Bertz CT molecular complexity index is 1100. The number of hydrogen-bond acceptors (Lipinski definition) is 6. The molecule has 32 heavy (non-hydrogen) atoms. The van der Waals surface area contributed by atoms with Crippen LogP contribution in [0.5, 0.6) is 5.75 Å². The number of alkyl halides is 3. The number of aromatic nitrogens is 1. The molecule has 6 nitrogen and oxygen atoms in total. The van der Waals surface area contributed by atoms with Crippen molar-refractivity contribution in [2.45, 2.75) is 13.3 Å². The van der Waals surface area contributed by atoms with Gasteiger partial charge in [0.1, 0.15) is 5.75 Å². The summed E-state index contributed by atoms with van der Waals surface area (Å²) in [5, 5.41) is 0.363. The Balaban J connectivity index is 0.00000363. The van der Waals surface area contributed by atoms with E-state index < -0.39 is 6.36 Å². The minimum absolute atomic E-state index is 0. The van der Waals surface area contributed by atoms with Gasteiger partial charge >= 0.3 is 6.36 Å². The number of nitrogens with zero attached hydrogens (tertiary/aromatic N) is 3. The van der Waals surface area contributed by atoms with Gasteiger partial charge in [-0.2, -0.15) is 0 Å². The normalized spacial score (nSPS) is 11.3. The molecule has 1 amide bonds. The number of rotatable bonds is 7. The molecule has 0 bridgehead atoms. The number of hydrogen-bond donors (Lipinski definition) is 0. The summed E-state index contributed by atoms with van der Waals surface area (Å²) in [6, 6.07) is 10.2. The van der Waals surface area contributed by atoms with Gasteiger partial charge in [0.2, 0.25) is 0 Å². The van der Waals surface area contributed by atoms with E-state index >= 15 is 0 Å². The molecule has 172 valence electrons. The van der Waals surface area contributed by atoms with Crippen LogP contribution in [0.3, 0.4) is 0 Å². The lowest BCUT2D eigenvalue weighted by Gasteiger charge is -2.22. The van der Waals surface area contributed by atoms with Crippen LogP contribution in [-0.2, 0) is 0 Å². The fourth-order valence-corrected chi connectivity index (χ4v) is 3.81. The molecule has 0 spiro atoms. The maximum absolute atomic E-state index is 13.2. The Morgan fingerprint density at radius 2 is 1.66 bits per heavy atom. The zero-order chi connectivity index (χ0) is 22.8. The second-order valence-corrected chi connectivity index (χ2v) is 8.08. The van der Waals surface area contributed by atoms with Crippen molar-refractivity contribution in [3.63, 3.8) is 0 Å². The lowest BCUT2D eigenvalue weighted by molar-refractivity contribution is -0.274. The quantitative estimate of drug-likeness (QED) is 0.437. The minimum Gasteiger partial charge on any atom is -0.406 e. The Morgan fingerprint density at radius 3 is 2.22 bits per heavy atom. The van der Waals surface area contributed by atoms with Crippen LogP contribution in [-0.4, -0.2) is 55.1 Å². The van der Waals surface area contributed by atoms with Crippen LogP contribution >= 0.6 is 23.7 Å². The first kappa shape index (κ1) is 25.6. The molecular formula is C21H21ClF3N3O3S. The van der Waals surface area contributed by atoms with Gasteiger partial charge < -0.3 is 9.64 Å². The first-order valence-electron chi connectivity index (χ1n) is 9.27. The molecule has 3 rings (SSSR count). The number of amides is 1. The van der Waals surface area contributed by atoms with Crippen LogP contribution in [0.15, 0.2) is 42.5 Å². The number of anilines is 1. The highest BCUT2D eigenvalue weighted by atomic mass is 35.5. The highest BCUT2D eigenvalue weighted by Crippen LogP contribution is 2.33. The zero-order valence-corrected chi connectivity index (χ0v) is 19.1. The van der Waals surface area contributed by atoms with E-state index in [2.05, 4.69) is 9.72 Å². The van der Waals surface area contributed by atoms with E-state index in [0.29, 0.717) is 39.6 Å². The molecule has 1 aromatic heterocycles. The topological polar surface area (TPSA) is 62.7 Å². The number of thiazole rings is 1. The number of ether oxygens (including phenoxy) is 1. The monoisotopic (exact) mass is 487 g/mol. The van der Waals surface area contributed by atoms with E-state index in [1.807, 2.05) is 19.0 Å². The summed E-state index contributed by atoms with van der Waals surface area (Å²) in [5.41, 5.74) is 1.33. The van der Waals surface area contributed by atoms with Gasteiger partial charge in [0.15, 0.2) is 10.9 Å². The molecule has 0 atom stereocenters. The van der Waals surface area contributed by atoms with Gasteiger partial charge in [0.05, 0.1) is 10.2 Å². The van der Waals surface area contributed by atoms with Crippen LogP contribution in [0, 0.1) is 0 Å². The smallest absolute Gasteiger partial charge is 0.406 e. The lowest BCUT2D eigenvalue weighted by Crippen LogP contribution is -2.36. The highest BCUT2D eigenvalue weighted by Gasteiger charge is 2.31. The number of carbonyl (C=O) groups is 2. The van der Waals surface area contributed by atoms with Crippen LogP contribution in [0.2, 0.25) is 0 Å². The SMILES string of the molecule is CC(=O)c1ccc(C(=O)N(CCN(C)C)c2nc3ccc(OC(F)(F)F)cc3s2)cc1.Cl. The van der Waals surface area contributed by atoms with Crippen LogP contribution in [0.4, 0.5) is 18.3 Å². The van der Waals surface area contributed by atoms with E-state index in [-0.39, 0.29) is 29.8 Å². The van der Waals surface area contributed by atoms with Crippen LogP contribution < -0.4 is 9.64 Å². The second kappa shape index (κ2) is 10.3. The van der Waals surface area contributed by atoms with Gasteiger partial charge in [-0.05, 0) is 45.3 Å².